The van der Waals surface area contributed by atoms with E-state index < -0.39 is 0 Å². The van der Waals surface area contributed by atoms with E-state index >= 15 is 0 Å². The zero-order chi connectivity index (χ0) is 14.2. The maximum atomic E-state index is 5.13. The fourth-order valence-electron chi connectivity index (χ4n) is 2.70. The molecule has 0 unspecified atom stereocenters. The van der Waals surface area contributed by atoms with Crippen molar-refractivity contribution in [2.45, 2.75) is 19.4 Å². The van der Waals surface area contributed by atoms with E-state index in [-0.39, 0.29) is 0 Å². The summed E-state index contributed by atoms with van der Waals surface area (Å²) in [6, 6.07) is 6.34. The Hall–Kier alpha value is -1.99. The van der Waals surface area contributed by atoms with Crippen molar-refractivity contribution in [2.24, 2.45) is 0 Å². The standard InChI is InChI=1S/C14H15N5OS/c1-20-8-12-16-17-14-19(12)18-13(21-14)10-4-2-6-11-9(10)5-3-7-15-11/h2,4,6,15H,3,5,7-8H2,1H3. The van der Waals surface area contributed by atoms with Crippen molar-refractivity contribution in [3.63, 3.8) is 0 Å². The molecule has 1 aliphatic rings. The van der Waals surface area contributed by atoms with Crippen LogP contribution in [0.1, 0.15) is 17.8 Å². The monoisotopic (exact) mass is 301 g/mol. The first kappa shape index (κ1) is 12.7. The first-order valence-electron chi connectivity index (χ1n) is 6.93. The predicted molar refractivity (Wildman–Crippen MR) is 81.6 cm³/mol. The van der Waals surface area contributed by atoms with Crippen molar-refractivity contribution in [2.75, 3.05) is 19.0 Å². The minimum Gasteiger partial charge on any atom is -0.385 e. The van der Waals surface area contributed by atoms with Crippen LogP contribution in [-0.4, -0.2) is 33.5 Å². The normalized spacial score (nSPS) is 14.1. The molecule has 0 saturated carbocycles. The van der Waals surface area contributed by atoms with Crippen molar-refractivity contribution >= 4 is 22.0 Å². The molecule has 4 rings (SSSR count). The molecule has 0 bridgehead atoms. The molecule has 0 atom stereocenters. The molecule has 0 aliphatic carbocycles. The van der Waals surface area contributed by atoms with E-state index in [2.05, 4.69) is 38.8 Å². The molecule has 1 N–H and O–H groups in total. The van der Waals surface area contributed by atoms with Crippen LogP contribution in [0, 0.1) is 0 Å². The van der Waals surface area contributed by atoms with Gasteiger partial charge in [-0.25, -0.2) is 0 Å². The quantitative estimate of drug-likeness (QED) is 0.804. The van der Waals surface area contributed by atoms with E-state index in [9.17, 15) is 0 Å². The van der Waals surface area contributed by atoms with Gasteiger partial charge >= 0.3 is 0 Å². The molecule has 6 nitrogen and oxygen atoms in total. The number of benzene rings is 1. The van der Waals surface area contributed by atoms with Gasteiger partial charge in [0.25, 0.3) is 0 Å². The van der Waals surface area contributed by atoms with Crippen LogP contribution in [0.2, 0.25) is 0 Å². The summed E-state index contributed by atoms with van der Waals surface area (Å²) in [4.78, 5) is 0.804. The molecule has 108 valence electrons. The van der Waals surface area contributed by atoms with Gasteiger partial charge in [-0.05, 0) is 24.5 Å². The highest BCUT2D eigenvalue weighted by molar-refractivity contribution is 7.19. The lowest BCUT2D eigenvalue weighted by Gasteiger charge is -2.19. The third-order valence-corrected chi connectivity index (χ3v) is 4.59. The van der Waals surface area contributed by atoms with Crippen LogP contribution in [0.15, 0.2) is 18.2 Å². The molecule has 0 saturated heterocycles. The number of fused-ring (bicyclic) bond motifs is 2. The summed E-state index contributed by atoms with van der Waals surface area (Å²) < 4.78 is 6.91. The molecular formula is C14H15N5OS. The van der Waals surface area contributed by atoms with Gasteiger partial charge in [0.2, 0.25) is 4.96 Å². The highest BCUT2D eigenvalue weighted by Crippen LogP contribution is 2.34. The van der Waals surface area contributed by atoms with Crippen LogP contribution < -0.4 is 5.32 Å². The summed E-state index contributed by atoms with van der Waals surface area (Å²) in [5.74, 6) is 0.734. The van der Waals surface area contributed by atoms with Gasteiger partial charge in [-0.2, -0.15) is 9.61 Å². The van der Waals surface area contributed by atoms with Gasteiger partial charge in [-0.3, -0.25) is 0 Å². The topological polar surface area (TPSA) is 64.3 Å². The van der Waals surface area contributed by atoms with Crippen LogP contribution in [0.5, 0.6) is 0 Å². The lowest BCUT2D eigenvalue weighted by Crippen LogP contribution is -2.12. The maximum Gasteiger partial charge on any atom is 0.235 e. The van der Waals surface area contributed by atoms with Crippen molar-refractivity contribution in [1.29, 1.82) is 0 Å². The van der Waals surface area contributed by atoms with Gasteiger partial charge in [0.1, 0.15) is 11.6 Å². The second-order valence-corrected chi connectivity index (χ2v) is 5.97. The van der Waals surface area contributed by atoms with Crippen LogP contribution in [-0.2, 0) is 17.8 Å². The van der Waals surface area contributed by atoms with Gasteiger partial charge < -0.3 is 10.1 Å². The molecule has 0 amide bonds. The van der Waals surface area contributed by atoms with Crippen molar-refractivity contribution in [3.8, 4) is 10.6 Å². The number of aromatic nitrogens is 4. The van der Waals surface area contributed by atoms with E-state index in [1.165, 1.54) is 16.8 Å². The van der Waals surface area contributed by atoms with Gasteiger partial charge in [0.15, 0.2) is 5.82 Å². The van der Waals surface area contributed by atoms with Gasteiger partial charge in [0.05, 0.1) is 0 Å². The molecule has 21 heavy (non-hydrogen) atoms. The lowest BCUT2D eigenvalue weighted by molar-refractivity contribution is 0.176. The fraction of sp³-hybridized carbons (Fsp3) is 0.357. The Balaban J connectivity index is 1.83. The molecule has 0 radical (unpaired) electrons. The molecule has 3 aromatic rings. The summed E-state index contributed by atoms with van der Waals surface area (Å²) in [6.45, 7) is 1.46. The Bertz CT molecular complexity index is 794. The van der Waals surface area contributed by atoms with Gasteiger partial charge in [-0.15, -0.1) is 10.2 Å². The van der Waals surface area contributed by atoms with Crippen molar-refractivity contribution in [3.05, 3.63) is 29.6 Å². The Morgan fingerprint density at radius 1 is 1.38 bits per heavy atom. The Kier molecular flexibility index (Phi) is 3.08. The summed E-state index contributed by atoms with van der Waals surface area (Å²) in [7, 11) is 1.65. The molecule has 0 spiro atoms. The van der Waals surface area contributed by atoms with Gasteiger partial charge in [0, 0.05) is 24.9 Å². The molecule has 1 aliphatic heterocycles. The van der Waals surface area contributed by atoms with Crippen LogP contribution >= 0.6 is 11.3 Å². The number of hydrogen-bond donors (Lipinski definition) is 1. The molecule has 0 fully saturated rings. The second kappa shape index (κ2) is 5.09. The molecule has 2 aromatic heterocycles. The first-order valence-corrected chi connectivity index (χ1v) is 7.74. The molecule has 3 heterocycles. The zero-order valence-electron chi connectivity index (χ0n) is 11.7. The molecule has 7 heteroatoms. The van der Waals surface area contributed by atoms with E-state index in [0.717, 1.165) is 35.2 Å². The van der Waals surface area contributed by atoms with E-state index in [4.69, 9.17) is 4.74 Å². The number of hydrogen-bond acceptors (Lipinski definition) is 6. The Labute approximate surface area is 125 Å². The summed E-state index contributed by atoms with van der Waals surface area (Å²) in [5, 5.41) is 17.4. The summed E-state index contributed by atoms with van der Waals surface area (Å²) >= 11 is 1.56. The van der Waals surface area contributed by atoms with Crippen molar-refractivity contribution in [1.82, 2.24) is 19.8 Å². The average molecular weight is 301 g/mol. The van der Waals surface area contributed by atoms with Crippen LogP contribution in [0.25, 0.3) is 15.5 Å². The predicted octanol–water partition coefficient (Wildman–Crippen LogP) is 2.36. The van der Waals surface area contributed by atoms with Gasteiger partial charge in [-0.1, -0.05) is 23.5 Å². The summed E-state index contributed by atoms with van der Waals surface area (Å²) in [5.41, 5.74) is 3.77. The largest absolute Gasteiger partial charge is 0.385 e. The minimum atomic E-state index is 0.415. The smallest absolute Gasteiger partial charge is 0.235 e. The number of nitrogens with one attached hydrogen (secondary N) is 1. The minimum absolute atomic E-state index is 0.415. The maximum absolute atomic E-state index is 5.13. The number of nitrogens with zero attached hydrogens (tertiary/aromatic N) is 4. The third kappa shape index (κ3) is 2.09. The second-order valence-electron chi connectivity index (χ2n) is 5.01. The lowest BCUT2D eigenvalue weighted by atomic mass is 9.98. The van der Waals surface area contributed by atoms with Crippen molar-refractivity contribution < 1.29 is 4.74 Å². The van der Waals surface area contributed by atoms with Crippen LogP contribution in [0.3, 0.4) is 0 Å². The molecular weight excluding hydrogens is 286 g/mol. The van der Waals surface area contributed by atoms with Crippen LogP contribution in [0.4, 0.5) is 5.69 Å². The SMILES string of the molecule is COCc1nnc2sc(-c3cccc4c3CCCN4)nn12. The Morgan fingerprint density at radius 2 is 2.33 bits per heavy atom. The zero-order valence-corrected chi connectivity index (χ0v) is 12.5. The third-order valence-electron chi connectivity index (χ3n) is 3.65. The fourth-order valence-corrected chi connectivity index (χ4v) is 3.61. The van der Waals surface area contributed by atoms with E-state index in [0.29, 0.717) is 6.61 Å². The highest BCUT2D eigenvalue weighted by Gasteiger charge is 2.18. The summed E-state index contributed by atoms with van der Waals surface area (Å²) in [6.07, 6.45) is 2.24. The number of methoxy groups -OCH3 is 1. The number of rotatable bonds is 3. The number of ether oxygens (including phenoxy) is 1. The Morgan fingerprint density at radius 3 is 3.24 bits per heavy atom. The van der Waals surface area contributed by atoms with E-state index in [1.807, 2.05) is 0 Å². The highest BCUT2D eigenvalue weighted by atomic mass is 32.1. The molecule has 1 aromatic carbocycles. The first-order chi connectivity index (χ1) is 10.4. The van der Waals surface area contributed by atoms with E-state index in [1.54, 1.807) is 23.0 Å². The number of anilines is 1. The average Bonchev–Trinajstić information content (AvgIpc) is 3.09.